The third-order valence-electron chi connectivity index (χ3n) is 4.18. The van der Waals surface area contributed by atoms with Crippen molar-refractivity contribution in [3.05, 3.63) is 29.8 Å². The zero-order valence-corrected chi connectivity index (χ0v) is 13.0. The van der Waals surface area contributed by atoms with Gasteiger partial charge in [-0.15, -0.1) is 0 Å². The fourth-order valence-electron chi connectivity index (χ4n) is 3.04. The lowest BCUT2D eigenvalue weighted by atomic mass is 9.79. The Balaban J connectivity index is 2.06. The normalized spacial score (nSPS) is 25.5. The number of aryl methyl sites for hydroxylation is 1. The van der Waals surface area contributed by atoms with Crippen LogP contribution in [0, 0.1) is 6.92 Å². The van der Waals surface area contributed by atoms with E-state index in [0.717, 1.165) is 38.0 Å². The maximum Gasteiger partial charge on any atom is 0.237 e. The summed E-state index contributed by atoms with van der Waals surface area (Å²) in [6, 6.07) is 8.03. The maximum atomic E-state index is 11.9. The topological polar surface area (TPSA) is 64.3 Å². The third-order valence-corrected chi connectivity index (χ3v) is 4.18. The van der Waals surface area contributed by atoms with Crippen LogP contribution in [-0.4, -0.2) is 24.1 Å². The molecule has 4 nitrogen and oxygen atoms in total. The van der Waals surface area contributed by atoms with Gasteiger partial charge in [-0.1, -0.05) is 19.1 Å². The minimum absolute atomic E-state index is 0.0393. The maximum absolute atomic E-state index is 11.9. The van der Waals surface area contributed by atoms with Crippen molar-refractivity contribution in [3.63, 3.8) is 0 Å². The van der Waals surface area contributed by atoms with Gasteiger partial charge in [0.05, 0.1) is 0 Å². The number of nitrogens with one attached hydrogen (secondary N) is 1. The first-order valence-corrected chi connectivity index (χ1v) is 7.84. The fraction of sp³-hybridized carbons (Fsp3) is 0.588. The molecule has 2 atom stereocenters. The van der Waals surface area contributed by atoms with Crippen LogP contribution in [0.3, 0.4) is 0 Å². The summed E-state index contributed by atoms with van der Waals surface area (Å²) in [6.45, 7) is 4.94. The minimum atomic E-state index is -0.608. The molecule has 1 aliphatic rings. The van der Waals surface area contributed by atoms with Crippen LogP contribution in [0.25, 0.3) is 0 Å². The number of ether oxygens (including phenoxy) is 1. The first-order valence-electron chi connectivity index (χ1n) is 7.84. The number of hydrogen-bond acceptors (Lipinski definition) is 3. The number of carbonyl (C=O) groups excluding carboxylic acids is 1. The van der Waals surface area contributed by atoms with Crippen LogP contribution in [0.15, 0.2) is 24.3 Å². The van der Waals surface area contributed by atoms with E-state index in [4.69, 9.17) is 10.5 Å². The number of hydrogen-bond donors (Lipinski definition) is 2. The molecule has 0 bridgehead atoms. The van der Waals surface area contributed by atoms with Gasteiger partial charge in [-0.2, -0.15) is 0 Å². The summed E-state index contributed by atoms with van der Waals surface area (Å²) in [4.78, 5) is 11.9. The number of rotatable bonds is 6. The van der Waals surface area contributed by atoms with Crippen LogP contribution in [0.5, 0.6) is 5.75 Å². The standard InChI is InChI=1S/C17H26N2O2/c1-3-10-19-17(16(18)20)9-5-8-15(12-17)21-14-7-4-6-13(2)11-14/h4,6-7,11,15,19H,3,5,8-10,12H2,1-2H3,(H2,18,20). The molecular weight excluding hydrogens is 264 g/mol. The molecule has 2 rings (SSSR count). The van der Waals surface area contributed by atoms with Gasteiger partial charge in [-0.05, 0) is 56.8 Å². The van der Waals surface area contributed by atoms with Gasteiger partial charge in [-0.3, -0.25) is 4.79 Å². The van der Waals surface area contributed by atoms with Crippen LogP contribution in [0.2, 0.25) is 0 Å². The Morgan fingerprint density at radius 2 is 2.33 bits per heavy atom. The van der Waals surface area contributed by atoms with E-state index in [2.05, 4.69) is 12.2 Å². The number of carbonyl (C=O) groups is 1. The number of primary amides is 1. The zero-order chi connectivity index (χ0) is 15.3. The average Bonchev–Trinajstić information content (AvgIpc) is 2.45. The molecule has 1 aromatic carbocycles. The van der Waals surface area contributed by atoms with Crippen molar-refractivity contribution in [2.45, 2.75) is 57.6 Å². The highest BCUT2D eigenvalue weighted by atomic mass is 16.5. The van der Waals surface area contributed by atoms with E-state index in [-0.39, 0.29) is 12.0 Å². The molecule has 1 fully saturated rings. The van der Waals surface area contributed by atoms with Gasteiger partial charge >= 0.3 is 0 Å². The van der Waals surface area contributed by atoms with E-state index in [9.17, 15) is 4.79 Å². The summed E-state index contributed by atoms with van der Waals surface area (Å²) >= 11 is 0. The lowest BCUT2D eigenvalue weighted by Crippen LogP contribution is -2.59. The molecule has 0 aromatic heterocycles. The first kappa shape index (κ1) is 15.8. The van der Waals surface area contributed by atoms with Crippen LogP contribution in [0.4, 0.5) is 0 Å². The van der Waals surface area contributed by atoms with Gasteiger partial charge < -0.3 is 15.8 Å². The molecule has 0 heterocycles. The van der Waals surface area contributed by atoms with E-state index in [1.807, 2.05) is 31.2 Å². The predicted octanol–water partition coefficient (Wildman–Crippen LogP) is 2.54. The summed E-state index contributed by atoms with van der Waals surface area (Å²) in [5.74, 6) is 0.615. The van der Waals surface area contributed by atoms with Crippen molar-refractivity contribution in [2.75, 3.05) is 6.54 Å². The molecular formula is C17H26N2O2. The van der Waals surface area contributed by atoms with Crippen LogP contribution in [-0.2, 0) is 4.79 Å². The molecule has 116 valence electrons. The Labute approximate surface area is 127 Å². The van der Waals surface area contributed by atoms with Crippen molar-refractivity contribution in [1.82, 2.24) is 5.32 Å². The molecule has 1 saturated carbocycles. The lowest BCUT2D eigenvalue weighted by molar-refractivity contribution is -0.127. The van der Waals surface area contributed by atoms with E-state index < -0.39 is 5.54 Å². The smallest absolute Gasteiger partial charge is 0.237 e. The molecule has 0 radical (unpaired) electrons. The van der Waals surface area contributed by atoms with Crippen molar-refractivity contribution in [2.24, 2.45) is 5.73 Å². The first-order chi connectivity index (χ1) is 10.1. The largest absolute Gasteiger partial charge is 0.490 e. The van der Waals surface area contributed by atoms with Crippen molar-refractivity contribution in [1.29, 1.82) is 0 Å². The summed E-state index contributed by atoms with van der Waals surface area (Å²) in [7, 11) is 0. The number of nitrogens with two attached hydrogens (primary N) is 1. The SMILES string of the molecule is CCCNC1(C(N)=O)CCCC(Oc2cccc(C)c2)C1. The van der Waals surface area contributed by atoms with Crippen LogP contribution >= 0.6 is 0 Å². The molecule has 0 aliphatic heterocycles. The molecule has 21 heavy (non-hydrogen) atoms. The molecule has 0 spiro atoms. The predicted molar refractivity (Wildman–Crippen MR) is 84.3 cm³/mol. The monoisotopic (exact) mass is 290 g/mol. The molecule has 1 aliphatic carbocycles. The molecule has 1 amide bonds. The van der Waals surface area contributed by atoms with Gasteiger partial charge in [0, 0.05) is 6.42 Å². The highest BCUT2D eigenvalue weighted by Crippen LogP contribution is 2.31. The van der Waals surface area contributed by atoms with Crippen molar-refractivity contribution in [3.8, 4) is 5.75 Å². The van der Waals surface area contributed by atoms with Gasteiger partial charge in [0.25, 0.3) is 0 Å². The number of amides is 1. The van der Waals surface area contributed by atoms with Crippen LogP contribution in [0.1, 0.15) is 44.6 Å². The summed E-state index contributed by atoms with van der Waals surface area (Å²) in [5, 5.41) is 3.36. The van der Waals surface area contributed by atoms with Gasteiger partial charge in [-0.25, -0.2) is 0 Å². The lowest BCUT2D eigenvalue weighted by Gasteiger charge is -2.39. The summed E-state index contributed by atoms with van der Waals surface area (Å²) < 4.78 is 6.07. The third kappa shape index (κ3) is 3.97. The zero-order valence-electron chi connectivity index (χ0n) is 13.0. The fourth-order valence-corrected chi connectivity index (χ4v) is 3.04. The van der Waals surface area contributed by atoms with E-state index in [1.54, 1.807) is 0 Å². The second-order valence-electron chi connectivity index (χ2n) is 6.03. The Bertz CT molecular complexity index is 489. The van der Waals surface area contributed by atoms with E-state index >= 15 is 0 Å². The van der Waals surface area contributed by atoms with Crippen LogP contribution < -0.4 is 15.8 Å². The van der Waals surface area contributed by atoms with Gasteiger partial charge in [0.1, 0.15) is 17.4 Å². The average molecular weight is 290 g/mol. The Morgan fingerprint density at radius 1 is 1.52 bits per heavy atom. The molecule has 3 N–H and O–H groups in total. The highest BCUT2D eigenvalue weighted by molar-refractivity contribution is 5.84. The molecule has 4 heteroatoms. The van der Waals surface area contributed by atoms with Crippen molar-refractivity contribution >= 4 is 5.91 Å². The molecule has 0 saturated heterocycles. The second kappa shape index (κ2) is 6.94. The van der Waals surface area contributed by atoms with E-state index in [0.29, 0.717) is 6.42 Å². The molecule has 1 aromatic rings. The van der Waals surface area contributed by atoms with E-state index in [1.165, 1.54) is 5.56 Å². The molecule has 2 unspecified atom stereocenters. The second-order valence-corrected chi connectivity index (χ2v) is 6.03. The minimum Gasteiger partial charge on any atom is -0.490 e. The van der Waals surface area contributed by atoms with Crippen molar-refractivity contribution < 1.29 is 9.53 Å². The summed E-state index contributed by atoms with van der Waals surface area (Å²) in [6.07, 6.45) is 4.40. The highest BCUT2D eigenvalue weighted by Gasteiger charge is 2.41. The quantitative estimate of drug-likeness (QED) is 0.846. The Hall–Kier alpha value is -1.55. The Kier molecular flexibility index (Phi) is 5.23. The Morgan fingerprint density at radius 3 is 3.00 bits per heavy atom. The van der Waals surface area contributed by atoms with Gasteiger partial charge in [0.2, 0.25) is 5.91 Å². The number of benzene rings is 1. The summed E-state index contributed by atoms with van der Waals surface area (Å²) in [5.41, 5.74) is 6.23. The van der Waals surface area contributed by atoms with Gasteiger partial charge in [0.15, 0.2) is 0 Å².